The van der Waals surface area contributed by atoms with Gasteiger partial charge in [0.15, 0.2) is 11.6 Å². The van der Waals surface area contributed by atoms with Crippen molar-refractivity contribution >= 4 is 5.91 Å². The third-order valence-corrected chi connectivity index (χ3v) is 6.19. The Morgan fingerprint density at radius 3 is 2.48 bits per heavy atom. The van der Waals surface area contributed by atoms with E-state index in [1.807, 2.05) is 30.3 Å². The molecule has 0 spiro atoms. The minimum atomic E-state index is -4.66. The minimum Gasteiger partial charge on any atom is -0.505 e. The molecule has 1 fully saturated rings. The van der Waals surface area contributed by atoms with Crippen LogP contribution in [0, 0.1) is 5.82 Å². The summed E-state index contributed by atoms with van der Waals surface area (Å²) in [6, 6.07) is 17.2. The molecule has 1 aliphatic rings. The molecule has 0 bridgehead atoms. The fraction of sp³-hybridized carbons (Fsp3) is 0.269. The number of likely N-dealkylation sites (N-methyl/N-ethyl adjacent to an activating group) is 1. The van der Waals surface area contributed by atoms with Crippen molar-refractivity contribution < 1.29 is 27.5 Å². The van der Waals surface area contributed by atoms with Crippen LogP contribution in [-0.2, 0) is 17.4 Å². The van der Waals surface area contributed by atoms with Crippen LogP contribution >= 0.6 is 0 Å². The number of nitrogens with zero attached hydrogens (tertiary/aromatic N) is 1. The Kier molecular flexibility index (Phi) is 6.15. The van der Waals surface area contributed by atoms with Crippen molar-refractivity contribution in [3.8, 4) is 16.9 Å². The number of aryl methyl sites for hydroxylation is 1. The highest BCUT2D eigenvalue weighted by Gasteiger charge is 2.43. The van der Waals surface area contributed by atoms with E-state index in [1.54, 1.807) is 11.9 Å². The van der Waals surface area contributed by atoms with E-state index >= 15 is 0 Å². The van der Waals surface area contributed by atoms with Crippen molar-refractivity contribution in [3.05, 3.63) is 89.2 Å². The zero-order chi connectivity index (χ0) is 23.8. The Labute approximate surface area is 189 Å². The normalized spacial score (nSPS) is 17.6. The third kappa shape index (κ3) is 4.87. The Morgan fingerprint density at radius 2 is 1.79 bits per heavy atom. The van der Waals surface area contributed by atoms with E-state index in [0.29, 0.717) is 0 Å². The molecule has 2 atom stereocenters. The van der Waals surface area contributed by atoms with Gasteiger partial charge >= 0.3 is 6.18 Å². The fourth-order valence-corrected chi connectivity index (χ4v) is 4.24. The molecule has 0 aromatic heterocycles. The zero-order valence-electron chi connectivity index (χ0n) is 17.9. The first kappa shape index (κ1) is 22.8. The number of aromatic hydroxyl groups is 1. The SMILES string of the molecule is CN(C(=O)CCc1ccc(-c2cccc(O)c2F)cc1C(F)(F)F)[C@@H]1C[C@H]1c1ccccc1. The first-order chi connectivity index (χ1) is 15.7. The quantitative estimate of drug-likeness (QED) is 0.450. The Hall–Kier alpha value is -3.35. The number of rotatable bonds is 6. The number of carbonyl (C=O) groups excluding carboxylic acids is 1. The van der Waals surface area contributed by atoms with Gasteiger partial charge in [-0.15, -0.1) is 0 Å². The van der Waals surface area contributed by atoms with Gasteiger partial charge in [-0.2, -0.15) is 13.2 Å². The summed E-state index contributed by atoms with van der Waals surface area (Å²) in [5, 5.41) is 9.54. The summed E-state index contributed by atoms with van der Waals surface area (Å²) in [6.45, 7) is 0. The molecule has 1 N–H and O–H groups in total. The van der Waals surface area contributed by atoms with E-state index in [1.165, 1.54) is 24.3 Å². The maximum Gasteiger partial charge on any atom is 0.416 e. The average molecular weight is 457 g/mol. The Morgan fingerprint density at radius 1 is 1.06 bits per heavy atom. The molecular formula is C26H23F4NO2. The van der Waals surface area contributed by atoms with Crippen molar-refractivity contribution in [1.82, 2.24) is 4.90 Å². The van der Waals surface area contributed by atoms with Gasteiger partial charge in [0.2, 0.25) is 5.91 Å². The Bertz CT molecular complexity index is 1160. The van der Waals surface area contributed by atoms with Crippen LogP contribution in [0.25, 0.3) is 11.1 Å². The van der Waals surface area contributed by atoms with Crippen molar-refractivity contribution in [2.45, 2.75) is 37.4 Å². The molecule has 1 saturated carbocycles. The first-order valence-electron chi connectivity index (χ1n) is 10.7. The molecule has 1 aliphatic carbocycles. The molecule has 0 aliphatic heterocycles. The molecule has 0 saturated heterocycles. The van der Waals surface area contributed by atoms with Gasteiger partial charge in [-0.05, 0) is 41.7 Å². The van der Waals surface area contributed by atoms with E-state index in [4.69, 9.17) is 0 Å². The zero-order valence-corrected chi connectivity index (χ0v) is 17.9. The number of alkyl halides is 3. The number of phenols is 1. The van der Waals surface area contributed by atoms with Gasteiger partial charge in [0.25, 0.3) is 0 Å². The van der Waals surface area contributed by atoms with Gasteiger partial charge in [0, 0.05) is 31.0 Å². The van der Waals surface area contributed by atoms with Gasteiger partial charge in [0.05, 0.1) is 5.56 Å². The summed E-state index contributed by atoms with van der Waals surface area (Å²) in [6.07, 6.45) is -3.96. The summed E-state index contributed by atoms with van der Waals surface area (Å²) in [5.41, 5.74) is 0.0992. The van der Waals surface area contributed by atoms with E-state index < -0.39 is 23.3 Å². The standard InChI is InChI=1S/C26H23F4NO2/c1-31(22-15-20(22)16-6-3-2-4-7-16)24(33)13-12-17-10-11-18(14-21(17)26(28,29)30)19-8-5-9-23(32)25(19)27/h2-11,14,20,22,32H,12-13,15H2,1H3/t20-,22+/m0/s1. The van der Waals surface area contributed by atoms with E-state index in [-0.39, 0.29) is 47.4 Å². The summed E-state index contributed by atoms with van der Waals surface area (Å²) in [7, 11) is 1.69. The summed E-state index contributed by atoms with van der Waals surface area (Å²) >= 11 is 0. The molecule has 3 aromatic carbocycles. The highest BCUT2D eigenvalue weighted by molar-refractivity contribution is 5.77. The third-order valence-electron chi connectivity index (χ3n) is 6.19. The van der Waals surface area contributed by atoms with Gasteiger partial charge in [-0.3, -0.25) is 4.79 Å². The molecule has 172 valence electrons. The molecule has 1 amide bonds. The molecule has 3 nitrogen and oxygen atoms in total. The van der Waals surface area contributed by atoms with Crippen LogP contribution in [0.5, 0.6) is 5.75 Å². The second-order valence-corrected chi connectivity index (χ2v) is 8.33. The summed E-state index contributed by atoms with van der Waals surface area (Å²) in [5.74, 6) is -1.57. The summed E-state index contributed by atoms with van der Waals surface area (Å²) in [4.78, 5) is 14.3. The largest absolute Gasteiger partial charge is 0.505 e. The van der Waals surface area contributed by atoms with Gasteiger partial charge in [-0.25, -0.2) is 4.39 Å². The van der Waals surface area contributed by atoms with Crippen LogP contribution in [0.2, 0.25) is 0 Å². The number of carbonyl (C=O) groups is 1. The smallest absolute Gasteiger partial charge is 0.416 e. The lowest BCUT2D eigenvalue weighted by Gasteiger charge is -2.19. The number of phenolic OH excluding ortho intramolecular Hbond substituents is 1. The van der Waals surface area contributed by atoms with Crippen LogP contribution < -0.4 is 0 Å². The molecule has 0 radical (unpaired) electrons. The predicted octanol–water partition coefficient (Wildman–Crippen LogP) is 6.16. The highest BCUT2D eigenvalue weighted by atomic mass is 19.4. The lowest BCUT2D eigenvalue weighted by molar-refractivity contribution is -0.138. The van der Waals surface area contributed by atoms with Crippen molar-refractivity contribution in [3.63, 3.8) is 0 Å². The lowest BCUT2D eigenvalue weighted by Crippen LogP contribution is -2.30. The first-order valence-corrected chi connectivity index (χ1v) is 10.7. The maximum atomic E-state index is 14.2. The number of hydrogen-bond acceptors (Lipinski definition) is 2. The van der Waals surface area contributed by atoms with E-state index in [2.05, 4.69) is 0 Å². The van der Waals surface area contributed by atoms with Crippen molar-refractivity contribution in [2.75, 3.05) is 7.05 Å². The van der Waals surface area contributed by atoms with Crippen molar-refractivity contribution in [1.29, 1.82) is 0 Å². The second kappa shape index (κ2) is 8.89. The molecule has 0 unspecified atom stereocenters. The average Bonchev–Trinajstić information content (AvgIpc) is 3.60. The maximum absolute atomic E-state index is 14.2. The minimum absolute atomic E-state index is 0.00611. The molecular weight excluding hydrogens is 434 g/mol. The fourth-order valence-electron chi connectivity index (χ4n) is 4.24. The monoisotopic (exact) mass is 457 g/mol. The molecule has 7 heteroatoms. The van der Waals surface area contributed by atoms with Crippen LogP contribution in [0.15, 0.2) is 66.7 Å². The molecule has 3 aromatic rings. The number of halogens is 4. The van der Waals surface area contributed by atoms with Crippen LogP contribution in [0.3, 0.4) is 0 Å². The molecule has 0 heterocycles. The lowest BCUT2D eigenvalue weighted by atomic mass is 9.95. The predicted molar refractivity (Wildman–Crippen MR) is 117 cm³/mol. The second-order valence-electron chi connectivity index (χ2n) is 8.33. The molecule has 33 heavy (non-hydrogen) atoms. The number of hydrogen-bond donors (Lipinski definition) is 1. The Balaban J connectivity index is 1.48. The van der Waals surface area contributed by atoms with Gasteiger partial charge in [-0.1, -0.05) is 54.6 Å². The topological polar surface area (TPSA) is 40.5 Å². The van der Waals surface area contributed by atoms with E-state index in [0.717, 1.165) is 24.1 Å². The highest BCUT2D eigenvalue weighted by Crippen LogP contribution is 2.44. The van der Waals surface area contributed by atoms with Gasteiger partial charge in [0.1, 0.15) is 0 Å². The van der Waals surface area contributed by atoms with Crippen LogP contribution in [0.4, 0.5) is 17.6 Å². The van der Waals surface area contributed by atoms with Crippen LogP contribution in [-0.4, -0.2) is 29.0 Å². The van der Waals surface area contributed by atoms with E-state index in [9.17, 15) is 27.5 Å². The summed E-state index contributed by atoms with van der Waals surface area (Å²) < 4.78 is 55.5. The molecule has 4 rings (SSSR count). The number of amides is 1. The number of benzene rings is 3. The van der Waals surface area contributed by atoms with Crippen LogP contribution in [0.1, 0.15) is 35.4 Å². The van der Waals surface area contributed by atoms with Crippen molar-refractivity contribution in [2.24, 2.45) is 0 Å². The van der Waals surface area contributed by atoms with Gasteiger partial charge < -0.3 is 10.0 Å².